The van der Waals surface area contributed by atoms with Crippen LogP contribution in [0.15, 0.2) is 53.4 Å². The van der Waals surface area contributed by atoms with E-state index in [0.29, 0.717) is 41.4 Å². The molecular formula is C22H24N6O3S2. The van der Waals surface area contributed by atoms with Crippen LogP contribution in [-0.4, -0.2) is 60.9 Å². The van der Waals surface area contributed by atoms with E-state index in [9.17, 15) is 13.2 Å². The number of sulfone groups is 1. The molecule has 11 heteroatoms. The SMILES string of the molecule is O=C(NC1CNCC1c1n[nH]c(=S)[nH]1)c1ccc(CN2CCS(=O)(=O)c3ccccc32)cc1. The molecule has 2 unspecified atom stereocenters. The van der Waals surface area contributed by atoms with Crippen LogP contribution < -0.4 is 15.5 Å². The Morgan fingerprint density at radius 2 is 1.94 bits per heavy atom. The molecule has 2 aliphatic heterocycles. The molecule has 0 spiro atoms. The number of para-hydroxylation sites is 1. The third-order valence-electron chi connectivity index (χ3n) is 6.16. The Labute approximate surface area is 196 Å². The molecule has 4 N–H and O–H groups in total. The molecular weight excluding hydrogens is 460 g/mol. The Morgan fingerprint density at radius 1 is 1.15 bits per heavy atom. The van der Waals surface area contributed by atoms with Crippen molar-refractivity contribution in [3.8, 4) is 0 Å². The molecule has 3 heterocycles. The van der Waals surface area contributed by atoms with Crippen molar-refractivity contribution in [3.05, 3.63) is 70.3 Å². The minimum absolute atomic E-state index is 0.0108. The fraction of sp³-hybridized carbons (Fsp3) is 0.318. The minimum Gasteiger partial charge on any atom is -0.365 e. The summed E-state index contributed by atoms with van der Waals surface area (Å²) in [5.41, 5.74) is 2.30. The van der Waals surface area contributed by atoms with Gasteiger partial charge in [0.05, 0.1) is 28.3 Å². The largest absolute Gasteiger partial charge is 0.365 e. The first kappa shape index (κ1) is 21.8. The number of carbonyl (C=O) groups excluding carboxylic acids is 1. The number of carbonyl (C=O) groups is 1. The quantitative estimate of drug-likeness (QED) is 0.407. The molecule has 3 aromatic rings. The highest BCUT2D eigenvalue weighted by molar-refractivity contribution is 7.91. The highest BCUT2D eigenvalue weighted by Gasteiger charge is 2.32. The lowest BCUT2D eigenvalue weighted by molar-refractivity contribution is 0.0936. The van der Waals surface area contributed by atoms with Crippen LogP contribution >= 0.6 is 12.2 Å². The molecule has 5 rings (SSSR count). The lowest BCUT2D eigenvalue weighted by Gasteiger charge is -2.31. The number of nitrogens with one attached hydrogen (secondary N) is 4. The van der Waals surface area contributed by atoms with E-state index in [1.165, 1.54) is 0 Å². The Morgan fingerprint density at radius 3 is 2.70 bits per heavy atom. The van der Waals surface area contributed by atoms with Crippen molar-refractivity contribution in [2.45, 2.75) is 23.4 Å². The number of aromatic amines is 2. The topological polar surface area (TPSA) is 123 Å². The van der Waals surface area contributed by atoms with Crippen LogP contribution in [0, 0.1) is 4.77 Å². The number of benzene rings is 2. The van der Waals surface area contributed by atoms with Crippen LogP contribution in [0.2, 0.25) is 0 Å². The summed E-state index contributed by atoms with van der Waals surface area (Å²) in [4.78, 5) is 18.3. The van der Waals surface area contributed by atoms with Crippen molar-refractivity contribution >= 4 is 33.6 Å². The average Bonchev–Trinajstić information content (AvgIpc) is 3.45. The van der Waals surface area contributed by atoms with Crippen molar-refractivity contribution in [2.75, 3.05) is 30.3 Å². The number of rotatable bonds is 5. The van der Waals surface area contributed by atoms with Crippen LogP contribution in [-0.2, 0) is 16.4 Å². The van der Waals surface area contributed by atoms with Gasteiger partial charge in [-0.25, -0.2) is 8.42 Å². The van der Waals surface area contributed by atoms with Gasteiger partial charge in [-0.3, -0.25) is 9.89 Å². The van der Waals surface area contributed by atoms with Crippen LogP contribution in [0.1, 0.15) is 27.7 Å². The van der Waals surface area contributed by atoms with E-state index in [2.05, 4.69) is 30.7 Å². The third-order valence-corrected chi connectivity index (χ3v) is 8.09. The van der Waals surface area contributed by atoms with Gasteiger partial charge in [-0.1, -0.05) is 24.3 Å². The number of H-pyrrole nitrogens is 2. The maximum atomic E-state index is 12.8. The molecule has 1 amide bonds. The summed E-state index contributed by atoms with van der Waals surface area (Å²) >= 11 is 5.06. The van der Waals surface area contributed by atoms with E-state index < -0.39 is 9.84 Å². The summed E-state index contributed by atoms with van der Waals surface area (Å²) in [6.45, 7) is 2.36. The smallest absolute Gasteiger partial charge is 0.251 e. The van der Waals surface area contributed by atoms with Gasteiger partial charge >= 0.3 is 0 Å². The van der Waals surface area contributed by atoms with Gasteiger partial charge in [-0.05, 0) is 42.0 Å². The molecule has 2 atom stereocenters. The molecule has 1 fully saturated rings. The number of amides is 1. The Balaban J connectivity index is 1.26. The first-order valence-corrected chi connectivity index (χ1v) is 12.8. The predicted molar refractivity (Wildman–Crippen MR) is 127 cm³/mol. The van der Waals surface area contributed by atoms with E-state index in [1.807, 2.05) is 24.3 Å². The molecule has 33 heavy (non-hydrogen) atoms. The van der Waals surface area contributed by atoms with E-state index in [1.54, 1.807) is 24.3 Å². The summed E-state index contributed by atoms with van der Waals surface area (Å²) in [5.74, 6) is 0.691. The fourth-order valence-electron chi connectivity index (χ4n) is 4.42. The van der Waals surface area contributed by atoms with Crippen LogP contribution in [0.4, 0.5) is 5.69 Å². The van der Waals surface area contributed by atoms with Crippen LogP contribution in [0.3, 0.4) is 0 Å². The van der Waals surface area contributed by atoms with Gasteiger partial charge in [0, 0.05) is 31.7 Å². The molecule has 0 bridgehead atoms. The molecule has 1 saturated heterocycles. The average molecular weight is 485 g/mol. The van der Waals surface area contributed by atoms with Crippen molar-refractivity contribution in [3.63, 3.8) is 0 Å². The van der Waals surface area contributed by atoms with Crippen molar-refractivity contribution in [2.24, 2.45) is 0 Å². The summed E-state index contributed by atoms with van der Waals surface area (Å²) in [6, 6.07) is 14.4. The minimum atomic E-state index is -3.23. The zero-order valence-corrected chi connectivity index (χ0v) is 19.4. The predicted octanol–water partition coefficient (Wildman–Crippen LogP) is 1.75. The summed E-state index contributed by atoms with van der Waals surface area (Å²) in [6.07, 6.45) is 0. The second kappa shape index (κ2) is 8.73. The van der Waals surface area contributed by atoms with Gasteiger partial charge in [0.25, 0.3) is 5.91 Å². The lowest BCUT2D eigenvalue weighted by atomic mass is 10.0. The molecule has 0 saturated carbocycles. The first-order chi connectivity index (χ1) is 15.9. The van der Waals surface area contributed by atoms with E-state index in [4.69, 9.17) is 12.2 Å². The van der Waals surface area contributed by atoms with Gasteiger partial charge in [-0.15, -0.1) is 0 Å². The summed E-state index contributed by atoms with van der Waals surface area (Å²) in [5, 5.41) is 13.3. The molecule has 9 nitrogen and oxygen atoms in total. The van der Waals surface area contributed by atoms with E-state index >= 15 is 0 Å². The number of fused-ring (bicyclic) bond motifs is 1. The number of anilines is 1. The van der Waals surface area contributed by atoms with Crippen LogP contribution in [0.5, 0.6) is 0 Å². The van der Waals surface area contributed by atoms with Crippen molar-refractivity contribution < 1.29 is 13.2 Å². The number of aromatic nitrogens is 3. The Kier molecular flexibility index (Phi) is 5.77. The zero-order chi connectivity index (χ0) is 23.0. The van der Waals surface area contributed by atoms with Gasteiger partial charge in [0.1, 0.15) is 5.82 Å². The second-order valence-corrected chi connectivity index (χ2v) is 10.8. The summed E-state index contributed by atoms with van der Waals surface area (Å²) < 4.78 is 25.2. The number of nitrogens with zero attached hydrogens (tertiary/aromatic N) is 2. The van der Waals surface area contributed by atoms with Gasteiger partial charge in [-0.2, -0.15) is 5.10 Å². The van der Waals surface area contributed by atoms with E-state index in [-0.39, 0.29) is 23.6 Å². The molecule has 2 aliphatic rings. The lowest BCUT2D eigenvalue weighted by Crippen LogP contribution is -2.39. The standard InChI is InChI=1S/C22H24N6O3S2/c29-21(24-17-12-23-11-16(17)20-25-22(32)27-26-20)15-7-5-14(6-8-15)13-28-9-10-33(30,31)19-4-2-1-3-18(19)28/h1-8,16-17,23H,9-13H2,(H,24,29)(H2,25,26,27,32). The van der Waals surface area contributed by atoms with Crippen molar-refractivity contribution in [1.82, 2.24) is 25.8 Å². The van der Waals surface area contributed by atoms with Gasteiger partial charge < -0.3 is 20.5 Å². The molecule has 0 aliphatic carbocycles. The Hall–Kier alpha value is -3.02. The van der Waals surface area contributed by atoms with Gasteiger partial charge in [0.15, 0.2) is 14.6 Å². The maximum absolute atomic E-state index is 12.8. The van der Waals surface area contributed by atoms with Gasteiger partial charge in [0.2, 0.25) is 0 Å². The molecule has 1 aromatic heterocycles. The molecule has 0 radical (unpaired) electrons. The van der Waals surface area contributed by atoms with E-state index in [0.717, 1.165) is 17.1 Å². The fourth-order valence-corrected chi connectivity index (χ4v) is 6.05. The second-order valence-electron chi connectivity index (χ2n) is 8.31. The number of hydrogen-bond acceptors (Lipinski definition) is 7. The summed E-state index contributed by atoms with van der Waals surface area (Å²) in [7, 11) is -3.23. The molecule has 172 valence electrons. The number of hydrogen-bond donors (Lipinski definition) is 4. The first-order valence-electron chi connectivity index (χ1n) is 10.7. The normalized spacial score (nSPS) is 21.5. The van der Waals surface area contributed by atoms with Crippen molar-refractivity contribution in [1.29, 1.82) is 0 Å². The highest BCUT2D eigenvalue weighted by atomic mass is 32.2. The Bertz CT molecular complexity index is 1330. The highest BCUT2D eigenvalue weighted by Crippen LogP contribution is 2.31. The maximum Gasteiger partial charge on any atom is 0.251 e. The third kappa shape index (κ3) is 4.43. The monoisotopic (exact) mass is 484 g/mol. The van der Waals surface area contributed by atoms with Crippen LogP contribution in [0.25, 0.3) is 0 Å². The zero-order valence-electron chi connectivity index (χ0n) is 17.7. The molecule has 2 aromatic carbocycles.